The molecule has 1 N–H and O–H groups in total. The monoisotopic (exact) mass is 365 g/mol. The number of nitrogens with one attached hydrogen (secondary N) is 1. The predicted molar refractivity (Wildman–Crippen MR) is 101 cm³/mol. The van der Waals surface area contributed by atoms with Crippen molar-refractivity contribution in [1.82, 2.24) is 19.7 Å². The topological polar surface area (TPSA) is 91.2 Å². The van der Waals surface area contributed by atoms with E-state index in [1.165, 1.54) is 17.1 Å². The first-order valence-corrected chi connectivity index (χ1v) is 8.30. The number of carbonyl (C=O) groups excluding carboxylic acids is 1. The second-order valence-electron chi connectivity index (χ2n) is 5.41. The lowest BCUT2D eigenvalue weighted by atomic mass is 10.2. The van der Waals surface area contributed by atoms with Crippen molar-refractivity contribution in [3.05, 3.63) is 60.8 Å². The lowest BCUT2D eigenvalue weighted by Crippen LogP contribution is -2.08. The van der Waals surface area contributed by atoms with Crippen LogP contribution >= 0.6 is 0 Å². The number of hydrogen-bond donors (Lipinski definition) is 1. The van der Waals surface area contributed by atoms with Crippen molar-refractivity contribution in [3.8, 4) is 17.3 Å². The molecule has 3 rings (SSSR count). The van der Waals surface area contributed by atoms with Crippen molar-refractivity contribution < 1.29 is 14.3 Å². The molecule has 27 heavy (non-hydrogen) atoms. The molecule has 8 heteroatoms. The second kappa shape index (κ2) is 8.61. The van der Waals surface area contributed by atoms with Gasteiger partial charge in [-0.3, -0.25) is 4.79 Å². The molecule has 2 aromatic heterocycles. The molecule has 138 valence electrons. The maximum atomic E-state index is 12.1. The Hall–Kier alpha value is -3.68. The summed E-state index contributed by atoms with van der Waals surface area (Å²) < 4.78 is 12.3. The van der Waals surface area contributed by atoms with Gasteiger partial charge in [0.2, 0.25) is 5.91 Å². The van der Waals surface area contributed by atoms with Gasteiger partial charge in [-0.25, -0.2) is 14.6 Å². The Morgan fingerprint density at radius 1 is 1.26 bits per heavy atom. The van der Waals surface area contributed by atoms with Crippen LogP contribution in [0, 0.1) is 0 Å². The number of hydrogen-bond acceptors (Lipinski definition) is 6. The van der Waals surface area contributed by atoms with Gasteiger partial charge in [0.25, 0.3) is 0 Å². The van der Waals surface area contributed by atoms with Gasteiger partial charge >= 0.3 is 0 Å². The maximum absolute atomic E-state index is 12.1. The van der Waals surface area contributed by atoms with Crippen molar-refractivity contribution >= 4 is 17.7 Å². The number of methoxy groups -OCH3 is 1. The van der Waals surface area contributed by atoms with Crippen molar-refractivity contribution in [1.29, 1.82) is 0 Å². The molecule has 2 heterocycles. The summed E-state index contributed by atoms with van der Waals surface area (Å²) in [5, 5.41) is 6.75. The van der Waals surface area contributed by atoms with E-state index in [4.69, 9.17) is 9.47 Å². The van der Waals surface area contributed by atoms with Gasteiger partial charge in [-0.05, 0) is 42.8 Å². The van der Waals surface area contributed by atoms with Gasteiger partial charge in [0.15, 0.2) is 17.3 Å². The first-order valence-electron chi connectivity index (χ1n) is 8.30. The minimum absolute atomic E-state index is 0.266. The summed E-state index contributed by atoms with van der Waals surface area (Å²) in [7, 11) is 1.58. The zero-order chi connectivity index (χ0) is 19.1. The van der Waals surface area contributed by atoms with Gasteiger partial charge in [-0.15, -0.1) is 0 Å². The fraction of sp³-hybridized carbons (Fsp3) is 0.158. The van der Waals surface area contributed by atoms with Gasteiger partial charge < -0.3 is 14.8 Å². The number of aromatic nitrogens is 4. The minimum atomic E-state index is -0.266. The highest BCUT2D eigenvalue weighted by Gasteiger charge is 2.05. The third-order valence-electron chi connectivity index (χ3n) is 3.58. The van der Waals surface area contributed by atoms with Gasteiger partial charge in [-0.1, -0.05) is 6.07 Å². The van der Waals surface area contributed by atoms with Gasteiger partial charge in [-0.2, -0.15) is 5.10 Å². The molecular weight excluding hydrogens is 346 g/mol. The number of benzene rings is 1. The lowest BCUT2D eigenvalue weighted by Gasteiger charge is -2.09. The average Bonchev–Trinajstić information content (AvgIpc) is 3.23. The van der Waals surface area contributed by atoms with Crippen molar-refractivity contribution in [2.45, 2.75) is 6.92 Å². The average molecular weight is 365 g/mol. The number of nitrogens with zero attached hydrogens (tertiary/aromatic N) is 4. The molecule has 0 radical (unpaired) electrons. The van der Waals surface area contributed by atoms with Crippen molar-refractivity contribution in [2.24, 2.45) is 0 Å². The highest BCUT2D eigenvalue weighted by atomic mass is 16.5. The zero-order valence-electron chi connectivity index (χ0n) is 15.0. The lowest BCUT2D eigenvalue weighted by molar-refractivity contribution is -0.111. The molecule has 0 atom stereocenters. The van der Waals surface area contributed by atoms with Crippen LogP contribution in [-0.4, -0.2) is 39.4 Å². The molecule has 0 bridgehead atoms. The van der Waals surface area contributed by atoms with Crippen molar-refractivity contribution in [3.63, 3.8) is 0 Å². The largest absolute Gasteiger partial charge is 0.493 e. The predicted octanol–water partition coefficient (Wildman–Crippen LogP) is 2.72. The number of rotatable bonds is 7. The minimum Gasteiger partial charge on any atom is -0.493 e. The molecule has 0 aliphatic rings. The summed E-state index contributed by atoms with van der Waals surface area (Å²) in [5.74, 6) is 1.63. The Balaban J connectivity index is 1.63. The fourth-order valence-electron chi connectivity index (χ4n) is 2.34. The summed E-state index contributed by atoms with van der Waals surface area (Å²) in [6, 6.07) is 8.96. The van der Waals surface area contributed by atoms with Crippen LogP contribution in [0.5, 0.6) is 11.5 Å². The van der Waals surface area contributed by atoms with E-state index in [1.807, 2.05) is 25.1 Å². The maximum Gasteiger partial charge on any atom is 0.248 e. The molecule has 1 aromatic carbocycles. The van der Waals surface area contributed by atoms with E-state index in [0.29, 0.717) is 29.6 Å². The van der Waals surface area contributed by atoms with Gasteiger partial charge in [0.1, 0.15) is 12.7 Å². The van der Waals surface area contributed by atoms with E-state index < -0.39 is 0 Å². The summed E-state index contributed by atoms with van der Waals surface area (Å²) in [6.07, 6.45) is 7.68. The second-order valence-corrected chi connectivity index (χ2v) is 5.41. The number of anilines is 1. The molecule has 0 fully saturated rings. The first-order chi connectivity index (χ1) is 13.2. The molecule has 8 nitrogen and oxygen atoms in total. The SMILES string of the molecule is CCOc1ccc(/C=C/C(=O)Nc2ccc(-n3cncn3)nc2)cc1OC. The molecule has 0 aliphatic heterocycles. The Bertz CT molecular complexity index is 921. The molecule has 0 aliphatic carbocycles. The van der Waals surface area contributed by atoms with Crippen LogP contribution in [0.1, 0.15) is 12.5 Å². The molecule has 0 unspecified atom stereocenters. The van der Waals surface area contributed by atoms with Crippen LogP contribution in [0.2, 0.25) is 0 Å². The van der Waals surface area contributed by atoms with E-state index in [0.717, 1.165) is 5.56 Å². The highest BCUT2D eigenvalue weighted by molar-refractivity contribution is 6.01. The van der Waals surface area contributed by atoms with Crippen LogP contribution in [0.3, 0.4) is 0 Å². The standard InChI is InChI=1S/C19H19N5O3/c1-3-27-16-7-4-14(10-17(16)26-2)5-9-19(25)23-15-6-8-18(21-11-15)24-13-20-12-22-24/h4-13H,3H2,1-2H3,(H,23,25)/b9-5+. The Kier molecular flexibility index (Phi) is 5.78. The summed E-state index contributed by atoms with van der Waals surface area (Å²) in [5.41, 5.74) is 1.41. The van der Waals surface area contributed by atoms with E-state index in [-0.39, 0.29) is 5.91 Å². The quantitative estimate of drug-likeness (QED) is 0.648. The Labute approximate surface area is 156 Å². The number of pyridine rings is 1. The number of ether oxygens (including phenoxy) is 2. The number of amides is 1. The normalized spacial score (nSPS) is 10.7. The third-order valence-corrected chi connectivity index (χ3v) is 3.58. The zero-order valence-corrected chi connectivity index (χ0v) is 15.0. The van der Waals surface area contributed by atoms with E-state index in [2.05, 4.69) is 20.4 Å². The van der Waals surface area contributed by atoms with Crippen LogP contribution in [0.15, 0.2) is 55.3 Å². The molecule has 0 saturated heterocycles. The van der Waals surface area contributed by atoms with Crippen LogP contribution < -0.4 is 14.8 Å². The van der Waals surface area contributed by atoms with E-state index in [1.54, 1.807) is 37.8 Å². The smallest absolute Gasteiger partial charge is 0.248 e. The molecule has 1 amide bonds. The summed E-state index contributed by atoms with van der Waals surface area (Å²) >= 11 is 0. The first kappa shape index (κ1) is 18.1. The van der Waals surface area contributed by atoms with Crippen LogP contribution in [0.4, 0.5) is 5.69 Å². The van der Waals surface area contributed by atoms with Crippen LogP contribution in [0.25, 0.3) is 11.9 Å². The Morgan fingerprint density at radius 3 is 2.81 bits per heavy atom. The van der Waals surface area contributed by atoms with E-state index >= 15 is 0 Å². The summed E-state index contributed by atoms with van der Waals surface area (Å²) in [6.45, 7) is 2.46. The van der Waals surface area contributed by atoms with Crippen LogP contribution in [-0.2, 0) is 4.79 Å². The summed E-state index contributed by atoms with van der Waals surface area (Å²) in [4.78, 5) is 20.2. The van der Waals surface area contributed by atoms with Crippen molar-refractivity contribution in [2.75, 3.05) is 19.0 Å². The molecular formula is C19H19N5O3. The van der Waals surface area contributed by atoms with Gasteiger partial charge in [0.05, 0.1) is 25.6 Å². The third kappa shape index (κ3) is 4.69. The Morgan fingerprint density at radius 2 is 2.15 bits per heavy atom. The van der Waals surface area contributed by atoms with E-state index in [9.17, 15) is 4.79 Å². The number of carbonyl (C=O) groups is 1. The fourth-order valence-corrected chi connectivity index (χ4v) is 2.34. The molecule has 0 spiro atoms. The van der Waals surface area contributed by atoms with Gasteiger partial charge in [0, 0.05) is 6.08 Å². The molecule has 0 saturated carbocycles. The molecule has 3 aromatic rings. The highest BCUT2D eigenvalue weighted by Crippen LogP contribution is 2.28.